The molecule has 1 saturated heterocycles. The molecule has 12 nitrogen and oxygen atoms in total. The van der Waals surface area contributed by atoms with Gasteiger partial charge in [-0.1, -0.05) is 30.3 Å². The van der Waals surface area contributed by atoms with E-state index < -0.39 is 12.1 Å². The van der Waals surface area contributed by atoms with Crippen molar-refractivity contribution in [3.05, 3.63) is 90.6 Å². The van der Waals surface area contributed by atoms with Crippen molar-refractivity contribution in [1.82, 2.24) is 34.6 Å². The van der Waals surface area contributed by atoms with Gasteiger partial charge in [0.1, 0.15) is 11.9 Å². The van der Waals surface area contributed by atoms with E-state index in [0.717, 1.165) is 33.6 Å². The fourth-order valence-corrected chi connectivity index (χ4v) is 5.46. The highest BCUT2D eigenvalue weighted by Gasteiger charge is 2.26. The summed E-state index contributed by atoms with van der Waals surface area (Å²) in [6, 6.07) is 16.7. The van der Waals surface area contributed by atoms with Crippen LogP contribution in [0.5, 0.6) is 0 Å². The Kier molecular flexibility index (Phi) is 7.44. The van der Waals surface area contributed by atoms with Crippen LogP contribution in [-0.4, -0.2) is 72.6 Å². The topological polar surface area (TPSA) is 145 Å². The third kappa shape index (κ3) is 5.73. The van der Waals surface area contributed by atoms with Crippen LogP contribution in [0.15, 0.2) is 79.5 Å². The Labute approximate surface area is 247 Å². The number of carbonyl (C=O) groups excluding carboxylic acids is 1. The van der Waals surface area contributed by atoms with Crippen LogP contribution in [0.1, 0.15) is 23.6 Å². The number of rotatable bonds is 7. The van der Waals surface area contributed by atoms with Crippen LogP contribution in [0, 0.1) is 11.3 Å². The number of aromatic nitrogens is 5. The summed E-state index contributed by atoms with van der Waals surface area (Å²) >= 11 is 0. The van der Waals surface area contributed by atoms with Crippen LogP contribution in [0.3, 0.4) is 0 Å². The van der Waals surface area contributed by atoms with Gasteiger partial charge in [-0.3, -0.25) is 9.48 Å². The molecule has 0 unspecified atom stereocenters. The smallest absolute Gasteiger partial charge is 0.405 e. The zero-order chi connectivity index (χ0) is 29.9. The zero-order valence-corrected chi connectivity index (χ0v) is 23.5. The molecule has 5 heterocycles. The minimum atomic E-state index is -1.16. The third-order valence-corrected chi connectivity index (χ3v) is 7.66. The molecule has 2 amide bonds. The minimum absolute atomic E-state index is 0.0507. The van der Waals surface area contributed by atoms with Crippen molar-refractivity contribution < 1.29 is 14.7 Å². The van der Waals surface area contributed by atoms with Gasteiger partial charge in [-0.15, -0.1) is 0 Å². The van der Waals surface area contributed by atoms with E-state index in [0.29, 0.717) is 37.3 Å². The summed E-state index contributed by atoms with van der Waals surface area (Å²) < 4.78 is 3.45. The molecule has 5 aromatic rings. The summed E-state index contributed by atoms with van der Waals surface area (Å²) in [5.74, 6) is 0.691. The molecular weight excluding hydrogens is 546 g/mol. The average molecular weight is 576 g/mol. The van der Waals surface area contributed by atoms with Crippen molar-refractivity contribution >= 4 is 23.3 Å². The molecule has 43 heavy (non-hydrogen) atoms. The van der Waals surface area contributed by atoms with E-state index >= 15 is 0 Å². The molecule has 0 bridgehead atoms. The summed E-state index contributed by atoms with van der Waals surface area (Å²) in [6.45, 7) is 2.21. The molecule has 1 aliphatic heterocycles. The van der Waals surface area contributed by atoms with Crippen LogP contribution in [0.25, 0.3) is 27.8 Å². The number of aryl methyl sites for hydroxylation is 1. The molecule has 1 atom stereocenters. The van der Waals surface area contributed by atoms with Gasteiger partial charge in [0.25, 0.3) is 0 Å². The van der Waals surface area contributed by atoms with E-state index in [1.807, 2.05) is 68.0 Å². The van der Waals surface area contributed by atoms with E-state index in [9.17, 15) is 20.0 Å². The fourth-order valence-electron chi connectivity index (χ4n) is 5.46. The number of pyridine rings is 2. The van der Waals surface area contributed by atoms with Gasteiger partial charge in [0.05, 0.1) is 35.9 Å². The van der Waals surface area contributed by atoms with Gasteiger partial charge >= 0.3 is 6.09 Å². The molecule has 216 valence electrons. The quantitative estimate of drug-likeness (QED) is 0.299. The van der Waals surface area contributed by atoms with Crippen LogP contribution >= 0.6 is 0 Å². The van der Waals surface area contributed by atoms with Crippen molar-refractivity contribution in [2.75, 3.05) is 31.1 Å². The Morgan fingerprint density at radius 2 is 1.77 bits per heavy atom. The molecule has 0 radical (unpaired) electrons. The van der Waals surface area contributed by atoms with E-state index in [-0.39, 0.29) is 12.3 Å². The predicted octanol–water partition coefficient (Wildman–Crippen LogP) is 3.72. The highest BCUT2D eigenvalue weighted by atomic mass is 16.4. The Bertz CT molecular complexity index is 1820. The molecule has 0 saturated carbocycles. The largest absolute Gasteiger partial charge is 0.465 e. The van der Waals surface area contributed by atoms with Crippen LogP contribution in [0.4, 0.5) is 10.6 Å². The lowest BCUT2D eigenvalue weighted by atomic mass is 10.0. The van der Waals surface area contributed by atoms with Crippen LogP contribution in [0.2, 0.25) is 0 Å². The summed E-state index contributed by atoms with van der Waals surface area (Å²) in [5, 5.41) is 30.1. The maximum Gasteiger partial charge on any atom is 0.405 e. The molecule has 1 aromatic carbocycles. The number of hydrogen-bond donors (Lipinski definition) is 2. The summed E-state index contributed by atoms with van der Waals surface area (Å²) in [6.07, 6.45) is 7.85. The maximum atomic E-state index is 13.1. The van der Waals surface area contributed by atoms with Crippen molar-refractivity contribution in [1.29, 1.82) is 5.26 Å². The summed E-state index contributed by atoms with van der Waals surface area (Å²) in [7, 11) is 1.86. The van der Waals surface area contributed by atoms with Gasteiger partial charge in [-0.2, -0.15) is 15.5 Å². The maximum absolute atomic E-state index is 13.1. The number of hydrogen-bond acceptors (Lipinski definition) is 7. The first-order valence-electron chi connectivity index (χ1n) is 13.8. The van der Waals surface area contributed by atoms with E-state index in [4.69, 9.17) is 4.98 Å². The second-order valence-electron chi connectivity index (χ2n) is 10.4. The molecule has 0 aliphatic carbocycles. The van der Waals surface area contributed by atoms with Crippen molar-refractivity contribution in [2.24, 2.45) is 7.05 Å². The highest BCUT2D eigenvalue weighted by Crippen LogP contribution is 2.32. The highest BCUT2D eigenvalue weighted by molar-refractivity contribution is 5.87. The third-order valence-electron chi connectivity index (χ3n) is 7.66. The first-order valence-corrected chi connectivity index (χ1v) is 13.8. The monoisotopic (exact) mass is 575 g/mol. The Morgan fingerprint density at radius 1 is 0.977 bits per heavy atom. The number of nitrogens with one attached hydrogen (secondary N) is 1. The van der Waals surface area contributed by atoms with E-state index in [1.165, 1.54) is 0 Å². The van der Waals surface area contributed by atoms with E-state index in [1.54, 1.807) is 32.7 Å². The minimum Gasteiger partial charge on any atom is -0.465 e. The molecule has 2 N–H and O–H groups in total. The number of nitriles is 1. The normalized spacial score (nSPS) is 14.0. The Morgan fingerprint density at radius 3 is 2.42 bits per heavy atom. The van der Waals surface area contributed by atoms with Gasteiger partial charge < -0.3 is 20.2 Å². The predicted molar refractivity (Wildman–Crippen MR) is 159 cm³/mol. The fraction of sp³-hybridized carbons (Fsp3) is 0.226. The number of anilines is 1. The molecule has 0 spiro atoms. The number of carboxylic acid groups (broad SMARTS) is 1. The number of fused-ring (bicyclic) bond motifs is 1. The van der Waals surface area contributed by atoms with Crippen molar-refractivity contribution in [2.45, 2.75) is 12.5 Å². The first-order chi connectivity index (χ1) is 20.9. The first kappa shape index (κ1) is 27.5. The van der Waals surface area contributed by atoms with E-state index in [2.05, 4.69) is 26.5 Å². The number of benzene rings is 1. The van der Waals surface area contributed by atoms with Gasteiger partial charge in [-0.25, -0.2) is 14.3 Å². The van der Waals surface area contributed by atoms with Crippen LogP contribution in [-0.2, 0) is 11.8 Å². The summed E-state index contributed by atoms with van der Waals surface area (Å²) in [5.41, 5.74) is 5.48. The van der Waals surface area contributed by atoms with Gasteiger partial charge in [0, 0.05) is 74.1 Å². The number of nitrogens with zero attached hydrogens (tertiary/aromatic N) is 8. The zero-order valence-electron chi connectivity index (χ0n) is 23.5. The molecule has 1 fully saturated rings. The molecule has 4 aromatic heterocycles. The standard InChI is InChI=1S/C31H29N9O3/c1-37-19-25(18-34-37)23-13-26(30-24(15-32)17-35-40(30)20-23)22-7-8-28(33-16-22)38-9-11-39(12-10-38)29(41)14-27(36-31(42)43)21-5-3-2-4-6-21/h2-8,13,16-20,27,36H,9-12,14H2,1H3,(H,42,43)/t27-/m0/s1. The number of carbonyl (C=O) groups is 2. The molecule has 12 heteroatoms. The number of piperazine rings is 1. The van der Waals surface area contributed by atoms with Gasteiger partial charge in [0.2, 0.25) is 5.91 Å². The molecule has 1 aliphatic rings. The Hall–Kier alpha value is -5.70. The van der Waals surface area contributed by atoms with Gasteiger partial charge in [0.15, 0.2) is 0 Å². The average Bonchev–Trinajstić information content (AvgIpc) is 3.66. The molecule has 6 rings (SSSR count). The van der Waals surface area contributed by atoms with Crippen LogP contribution < -0.4 is 10.2 Å². The van der Waals surface area contributed by atoms with Gasteiger partial charge in [-0.05, 0) is 23.8 Å². The van der Waals surface area contributed by atoms with Crippen molar-refractivity contribution in [3.8, 4) is 28.3 Å². The molecular formula is C31H29N9O3. The SMILES string of the molecule is Cn1cc(-c2cc(-c3ccc(N4CCN(C(=O)C[C@H](NC(=O)O)c5ccccc5)CC4)nc3)c3c(C#N)cnn3c2)cn1. The second-order valence-corrected chi connectivity index (χ2v) is 10.4. The summed E-state index contributed by atoms with van der Waals surface area (Å²) in [4.78, 5) is 33.1. The lowest BCUT2D eigenvalue weighted by Gasteiger charge is -2.36. The lowest BCUT2D eigenvalue weighted by Crippen LogP contribution is -2.49. The Balaban J connectivity index is 1.17. The second kappa shape index (κ2) is 11.7. The van der Waals surface area contributed by atoms with Crippen molar-refractivity contribution in [3.63, 3.8) is 0 Å². The lowest BCUT2D eigenvalue weighted by molar-refractivity contribution is -0.132. The number of amides is 2.